The molecular formula is C18H28O8. The van der Waals surface area contributed by atoms with Gasteiger partial charge in [-0.05, 0) is 19.1 Å². The quantitative estimate of drug-likeness (QED) is 0.297. The zero-order valence-corrected chi connectivity index (χ0v) is 12.7. The molecule has 0 aromatic heterocycles. The number of hydrogen-bond acceptors (Lipinski definition) is 8. The standard InChI is InChI=1S/C15H16O8.3CH4/c1-10(16)11-4-3-5-12(6-11)15(19)23-9-22-14(18)7-13(17)21-8-20-2;;;/h3-6H,7-9H2,1-2H3;3*1H4. The van der Waals surface area contributed by atoms with Crippen LogP contribution >= 0.6 is 0 Å². The molecule has 148 valence electrons. The van der Waals surface area contributed by atoms with Crippen molar-refractivity contribution in [2.75, 3.05) is 20.7 Å². The van der Waals surface area contributed by atoms with Crippen molar-refractivity contribution in [3.05, 3.63) is 35.4 Å². The molecule has 0 unspecified atom stereocenters. The molecule has 0 radical (unpaired) electrons. The Balaban J connectivity index is -0.00000176. The van der Waals surface area contributed by atoms with Crippen molar-refractivity contribution in [3.8, 4) is 0 Å². The monoisotopic (exact) mass is 372 g/mol. The van der Waals surface area contributed by atoms with Crippen LogP contribution in [-0.4, -0.2) is 44.4 Å². The Morgan fingerprint density at radius 2 is 1.38 bits per heavy atom. The van der Waals surface area contributed by atoms with E-state index in [4.69, 9.17) is 4.74 Å². The van der Waals surface area contributed by atoms with Crippen LogP contribution in [0.25, 0.3) is 0 Å². The minimum atomic E-state index is -0.906. The van der Waals surface area contributed by atoms with E-state index >= 15 is 0 Å². The number of benzene rings is 1. The lowest BCUT2D eigenvalue weighted by Crippen LogP contribution is -2.17. The van der Waals surface area contributed by atoms with Crippen LogP contribution in [-0.2, 0) is 28.5 Å². The van der Waals surface area contributed by atoms with Gasteiger partial charge in [0.2, 0.25) is 6.79 Å². The van der Waals surface area contributed by atoms with Crippen molar-refractivity contribution >= 4 is 23.7 Å². The molecule has 0 fully saturated rings. The summed E-state index contributed by atoms with van der Waals surface area (Å²) >= 11 is 0. The van der Waals surface area contributed by atoms with E-state index < -0.39 is 31.1 Å². The van der Waals surface area contributed by atoms with E-state index in [0.29, 0.717) is 5.56 Å². The van der Waals surface area contributed by atoms with Crippen LogP contribution in [0.4, 0.5) is 0 Å². The first-order chi connectivity index (χ1) is 10.9. The average Bonchev–Trinajstić information content (AvgIpc) is 2.52. The van der Waals surface area contributed by atoms with Crippen molar-refractivity contribution < 1.29 is 38.1 Å². The van der Waals surface area contributed by atoms with Crippen molar-refractivity contribution in [1.82, 2.24) is 0 Å². The van der Waals surface area contributed by atoms with Gasteiger partial charge in [-0.3, -0.25) is 14.4 Å². The van der Waals surface area contributed by atoms with E-state index in [1.807, 2.05) is 0 Å². The van der Waals surface area contributed by atoms with Gasteiger partial charge in [-0.15, -0.1) is 0 Å². The topological polar surface area (TPSA) is 105 Å². The molecule has 1 rings (SSSR count). The van der Waals surface area contributed by atoms with Crippen molar-refractivity contribution in [3.63, 3.8) is 0 Å². The maximum atomic E-state index is 11.7. The molecule has 0 bridgehead atoms. The highest BCUT2D eigenvalue weighted by molar-refractivity contribution is 5.97. The normalized spacial score (nSPS) is 8.69. The molecule has 0 amide bonds. The van der Waals surface area contributed by atoms with Crippen LogP contribution in [0.3, 0.4) is 0 Å². The number of hydrogen-bond donors (Lipinski definition) is 0. The number of rotatable bonds is 8. The van der Waals surface area contributed by atoms with E-state index in [2.05, 4.69) is 14.2 Å². The van der Waals surface area contributed by atoms with E-state index in [0.717, 1.165) is 0 Å². The molecule has 1 aromatic rings. The third kappa shape index (κ3) is 10.2. The van der Waals surface area contributed by atoms with Gasteiger partial charge in [0.15, 0.2) is 12.6 Å². The first-order valence-electron chi connectivity index (χ1n) is 6.52. The van der Waals surface area contributed by atoms with E-state index in [9.17, 15) is 19.2 Å². The third-order valence-electron chi connectivity index (χ3n) is 2.54. The molecule has 0 aliphatic heterocycles. The molecule has 0 saturated heterocycles. The Bertz CT molecular complexity index is 595. The van der Waals surface area contributed by atoms with Gasteiger partial charge < -0.3 is 18.9 Å². The van der Waals surface area contributed by atoms with Gasteiger partial charge in [0.05, 0.1) is 5.56 Å². The Kier molecular flexibility index (Phi) is 15.8. The van der Waals surface area contributed by atoms with Crippen molar-refractivity contribution in [1.29, 1.82) is 0 Å². The largest absolute Gasteiger partial charge is 0.438 e. The molecule has 8 heteroatoms. The Morgan fingerprint density at radius 1 is 0.846 bits per heavy atom. The minimum absolute atomic E-state index is 0. The summed E-state index contributed by atoms with van der Waals surface area (Å²) in [6, 6.07) is 5.92. The number of ketones is 1. The molecule has 0 spiro atoms. The summed E-state index contributed by atoms with van der Waals surface area (Å²) in [5.41, 5.74) is 0.505. The number of carbonyl (C=O) groups excluding carboxylic acids is 4. The second-order valence-corrected chi connectivity index (χ2v) is 4.30. The molecule has 0 N–H and O–H groups in total. The first kappa shape index (κ1) is 28.1. The third-order valence-corrected chi connectivity index (χ3v) is 2.54. The number of carbonyl (C=O) groups is 4. The molecule has 1 aromatic carbocycles. The maximum Gasteiger partial charge on any atom is 0.341 e. The summed E-state index contributed by atoms with van der Waals surface area (Å²) < 4.78 is 18.3. The highest BCUT2D eigenvalue weighted by atomic mass is 16.7. The minimum Gasteiger partial charge on any atom is -0.438 e. The summed E-state index contributed by atoms with van der Waals surface area (Å²) in [5.74, 6) is -2.68. The van der Waals surface area contributed by atoms with E-state index in [1.54, 1.807) is 6.07 Å². The van der Waals surface area contributed by atoms with Gasteiger partial charge in [0, 0.05) is 12.7 Å². The number of ether oxygens (including phenoxy) is 4. The summed E-state index contributed by atoms with van der Waals surface area (Å²) in [4.78, 5) is 45.3. The number of methoxy groups -OCH3 is 1. The lowest BCUT2D eigenvalue weighted by Gasteiger charge is -2.07. The summed E-state index contributed by atoms with van der Waals surface area (Å²) in [5, 5.41) is 0. The Labute approximate surface area is 154 Å². The van der Waals surface area contributed by atoms with Crippen LogP contribution < -0.4 is 0 Å². The molecule has 0 saturated carbocycles. The van der Waals surface area contributed by atoms with Crippen molar-refractivity contribution in [2.45, 2.75) is 35.6 Å². The van der Waals surface area contributed by atoms with Crippen LogP contribution in [0.5, 0.6) is 0 Å². The molecule has 26 heavy (non-hydrogen) atoms. The van der Waals surface area contributed by atoms with Gasteiger partial charge in [-0.25, -0.2) is 4.79 Å². The van der Waals surface area contributed by atoms with Gasteiger partial charge in [0.25, 0.3) is 0 Å². The van der Waals surface area contributed by atoms with Crippen LogP contribution in [0.2, 0.25) is 0 Å². The summed E-state index contributed by atoms with van der Waals surface area (Å²) in [6.45, 7) is 0.446. The molecule has 8 nitrogen and oxygen atoms in total. The van der Waals surface area contributed by atoms with Crippen LogP contribution in [0.1, 0.15) is 56.3 Å². The van der Waals surface area contributed by atoms with E-state index in [-0.39, 0.29) is 40.4 Å². The zero-order valence-electron chi connectivity index (χ0n) is 12.7. The predicted molar refractivity (Wildman–Crippen MR) is 95.6 cm³/mol. The fourth-order valence-electron chi connectivity index (χ4n) is 1.44. The molecule has 0 heterocycles. The highest BCUT2D eigenvalue weighted by Gasteiger charge is 2.14. The lowest BCUT2D eigenvalue weighted by molar-refractivity contribution is -0.164. The second kappa shape index (κ2) is 14.6. The SMILES string of the molecule is C.C.C.COCOC(=O)CC(=O)OCOC(=O)c1cccc(C(C)=O)c1. The highest BCUT2D eigenvalue weighted by Crippen LogP contribution is 2.07. The Morgan fingerprint density at radius 3 is 1.92 bits per heavy atom. The van der Waals surface area contributed by atoms with E-state index in [1.165, 1.54) is 32.2 Å². The van der Waals surface area contributed by atoms with Crippen LogP contribution in [0, 0.1) is 0 Å². The average molecular weight is 372 g/mol. The summed E-state index contributed by atoms with van der Waals surface area (Å²) in [7, 11) is 1.33. The van der Waals surface area contributed by atoms with Gasteiger partial charge in [-0.2, -0.15) is 0 Å². The maximum absolute atomic E-state index is 11.7. The summed E-state index contributed by atoms with van der Waals surface area (Å²) in [6.07, 6.45) is -0.624. The van der Waals surface area contributed by atoms with Gasteiger partial charge in [-0.1, -0.05) is 34.4 Å². The van der Waals surface area contributed by atoms with Crippen LogP contribution in [0.15, 0.2) is 24.3 Å². The molecule has 0 atom stereocenters. The molecule has 0 aliphatic rings. The predicted octanol–water partition coefficient (Wildman–Crippen LogP) is 2.99. The number of esters is 3. The fourth-order valence-corrected chi connectivity index (χ4v) is 1.44. The first-order valence-corrected chi connectivity index (χ1v) is 6.52. The molecule has 0 aliphatic carbocycles. The van der Waals surface area contributed by atoms with Gasteiger partial charge >= 0.3 is 17.9 Å². The lowest BCUT2D eigenvalue weighted by atomic mass is 10.1. The van der Waals surface area contributed by atoms with Crippen molar-refractivity contribution in [2.24, 2.45) is 0 Å². The van der Waals surface area contributed by atoms with Gasteiger partial charge in [0.1, 0.15) is 6.42 Å². The smallest absolute Gasteiger partial charge is 0.341 e. The second-order valence-electron chi connectivity index (χ2n) is 4.30. The fraction of sp³-hybridized carbons (Fsp3) is 0.444. The number of Topliss-reactive ketones (excluding diaryl/α,β-unsaturated/α-hetero) is 1. The Hall–Kier alpha value is -2.74. The zero-order chi connectivity index (χ0) is 17.2. The molecular weight excluding hydrogens is 344 g/mol.